The molecule has 214 valence electrons. The van der Waals surface area contributed by atoms with Crippen LogP contribution in [0.15, 0.2) is 71.1 Å². The molecule has 2 unspecified atom stereocenters. The van der Waals surface area contributed by atoms with Crippen molar-refractivity contribution in [2.24, 2.45) is 0 Å². The molecule has 0 bridgehead atoms. The summed E-state index contributed by atoms with van der Waals surface area (Å²) in [7, 11) is 1.24. The third-order valence-electron chi connectivity index (χ3n) is 6.44. The highest BCUT2D eigenvalue weighted by Gasteiger charge is 2.38. The van der Waals surface area contributed by atoms with Crippen molar-refractivity contribution in [3.63, 3.8) is 0 Å². The summed E-state index contributed by atoms with van der Waals surface area (Å²) < 4.78 is 22.0. The van der Waals surface area contributed by atoms with Gasteiger partial charge in [-0.1, -0.05) is 31.2 Å². The minimum Gasteiger partial charge on any atom is -0.490 e. The van der Waals surface area contributed by atoms with E-state index in [1.165, 1.54) is 25.3 Å². The first kappa shape index (κ1) is 30.4. The molecule has 0 saturated carbocycles. The molecule has 2 aromatic rings. The van der Waals surface area contributed by atoms with Crippen LogP contribution in [0.5, 0.6) is 5.75 Å². The van der Waals surface area contributed by atoms with E-state index in [2.05, 4.69) is 12.2 Å². The number of benzene rings is 2. The van der Waals surface area contributed by atoms with Crippen LogP contribution in [0.2, 0.25) is 0 Å². The lowest BCUT2D eigenvalue weighted by atomic mass is 9.80. The van der Waals surface area contributed by atoms with Crippen LogP contribution in [0.4, 0.5) is 5.69 Å². The molecular formula is C30H36N2O8. The summed E-state index contributed by atoms with van der Waals surface area (Å²) in [6.45, 7) is 8.29. The molecular weight excluding hydrogens is 516 g/mol. The van der Waals surface area contributed by atoms with E-state index in [1.807, 2.05) is 31.2 Å². The molecule has 0 aromatic heterocycles. The highest BCUT2D eigenvalue weighted by atomic mass is 16.6. The molecule has 0 spiro atoms. The standard InChI is InChI=1S/C30H36N2O8/c1-6-14-38-19(2)17-22-10-12-25(13-11-22)39-15-16-40-30(34)27-21(4)31-20(3)26(29(33)37-5)28(27)23-8-7-9-24(18-23)32(35)36/h7-13,18-19,28,31H,6,14-17H2,1-5H3. The fourth-order valence-corrected chi connectivity index (χ4v) is 4.60. The number of esters is 2. The van der Waals surface area contributed by atoms with Crippen molar-refractivity contribution in [2.75, 3.05) is 26.9 Å². The van der Waals surface area contributed by atoms with Crippen LogP contribution < -0.4 is 10.1 Å². The van der Waals surface area contributed by atoms with E-state index in [0.717, 1.165) is 25.0 Å². The Morgan fingerprint density at radius 3 is 2.30 bits per heavy atom. The van der Waals surface area contributed by atoms with Gasteiger partial charge in [-0.15, -0.1) is 0 Å². The van der Waals surface area contributed by atoms with E-state index in [-0.39, 0.29) is 36.2 Å². The number of nitro benzene ring substituents is 1. The number of methoxy groups -OCH3 is 1. The molecule has 1 heterocycles. The molecule has 0 saturated heterocycles. The number of carbonyl (C=O) groups is 2. The zero-order valence-corrected chi connectivity index (χ0v) is 23.5. The summed E-state index contributed by atoms with van der Waals surface area (Å²) in [6.07, 6.45) is 1.91. The van der Waals surface area contributed by atoms with Gasteiger partial charge in [0.15, 0.2) is 0 Å². The second-order valence-corrected chi connectivity index (χ2v) is 9.49. The third-order valence-corrected chi connectivity index (χ3v) is 6.44. The molecule has 1 aliphatic heterocycles. The number of nitrogens with zero attached hydrogens (tertiary/aromatic N) is 1. The van der Waals surface area contributed by atoms with Crippen molar-refractivity contribution >= 4 is 17.6 Å². The average molecular weight is 553 g/mol. The lowest BCUT2D eigenvalue weighted by Gasteiger charge is -2.30. The number of allylic oxidation sites excluding steroid dienone is 2. The topological polar surface area (TPSA) is 126 Å². The second-order valence-electron chi connectivity index (χ2n) is 9.49. The molecule has 0 radical (unpaired) electrons. The minimum absolute atomic E-state index is 0.0445. The number of nitro groups is 1. The van der Waals surface area contributed by atoms with Gasteiger partial charge in [-0.05, 0) is 56.9 Å². The Bertz CT molecular complexity index is 1280. The number of hydrogen-bond donors (Lipinski definition) is 1. The first-order valence-corrected chi connectivity index (χ1v) is 13.2. The van der Waals surface area contributed by atoms with Gasteiger partial charge in [0.05, 0.1) is 35.2 Å². The Morgan fingerprint density at radius 2 is 1.68 bits per heavy atom. The maximum absolute atomic E-state index is 13.3. The molecule has 40 heavy (non-hydrogen) atoms. The van der Waals surface area contributed by atoms with Crippen LogP contribution in [0.1, 0.15) is 51.2 Å². The van der Waals surface area contributed by atoms with Gasteiger partial charge >= 0.3 is 11.9 Å². The number of dihydropyridines is 1. The number of hydrogen-bond acceptors (Lipinski definition) is 9. The van der Waals surface area contributed by atoms with Gasteiger partial charge in [-0.25, -0.2) is 9.59 Å². The highest BCUT2D eigenvalue weighted by molar-refractivity contribution is 5.99. The van der Waals surface area contributed by atoms with E-state index in [9.17, 15) is 19.7 Å². The molecule has 10 heteroatoms. The van der Waals surface area contributed by atoms with Crippen molar-refractivity contribution in [3.05, 3.63) is 92.3 Å². The first-order valence-electron chi connectivity index (χ1n) is 13.2. The molecule has 1 N–H and O–H groups in total. The van der Waals surface area contributed by atoms with Crippen LogP contribution in [0.25, 0.3) is 0 Å². The van der Waals surface area contributed by atoms with Gasteiger partial charge in [-0.2, -0.15) is 0 Å². The van der Waals surface area contributed by atoms with Gasteiger partial charge < -0.3 is 24.3 Å². The van der Waals surface area contributed by atoms with E-state index in [1.54, 1.807) is 19.9 Å². The predicted molar refractivity (Wildman–Crippen MR) is 149 cm³/mol. The molecule has 10 nitrogen and oxygen atoms in total. The van der Waals surface area contributed by atoms with Crippen LogP contribution >= 0.6 is 0 Å². The summed E-state index contributed by atoms with van der Waals surface area (Å²) >= 11 is 0. The van der Waals surface area contributed by atoms with Crippen molar-refractivity contribution in [2.45, 2.75) is 52.6 Å². The summed E-state index contributed by atoms with van der Waals surface area (Å²) in [5.74, 6) is -1.61. The molecule has 3 rings (SSSR count). The van der Waals surface area contributed by atoms with Crippen LogP contribution in [-0.2, 0) is 30.2 Å². The third kappa shape index (κ3) is 7.69. The minimum atomic E-state index is -0.918. The van der Waals surface area contributed by atoms with Crippen molar-refractivity contribution in [3.8, 4) is 5.75 Å². The lowest BCUT2D eigenvalue weighted by molar-refractivity contribution is -0.384. The first-order chi connectivity index (χ1) is 19.2. The van der Waals surface area contributed by atoms with E-state index in [4.69, 9.17) is 18.9 Å². The number of carbonyl (C=O) groups excluding carboxylic acids is 2. The van der Waals surface area contributed by atoms with Crippen LogP contribution in [0, 0.1) is 10.1 Å². The zero-order chi connectivity index (χ0) is 29.2. The molecule has 2 atom stereocenters. The largest absolute Gasteiger partial charge is 0.490 e. The highest BCUT2D eigenvalue weighted by Crippen LogP contribution is 2.40. The summed E-state index contributed by atoms with van der Waals surface area (Å²) in [6, 6.07) is 13.5. The van der Waals surface area contributed by atoms with E-state index >= 15 is 0 Å². The predicted octanol–water partition coefficient (Wildman–Crippen LogP) is 4.98. The Balaban J connectivity index is 1.69. The number of nitrogens with one attached hydrogen (secondary N) is 1. The fourth-order valence-electron chi connectivity index (χ4n) is 4.60. The van der Waals surface area contributed by atoms with Crippen LogP contribution in [-0.4, -0.2) is 49.9 Å². The monoisotopic (exact) mass is 552 g/mol. The molecule has 0 aliphatic carbocycles. The summed E-state index contributed by atoms with van der Waals surface area (Å²) in [4.78, 5) is 36.9. The maximum Gasteiger partial charge on any atom is 0.336 e. The lowest BCUT2D eigenvalue weighted by Crippen LogP contribution is -2.32. The van der Waals surface area contributed by atoms with Crippen molar-refractivity contribution < 1.29 is 33.5 Å². The Morgan fingerprint density at radius 1 is 1.00 bits per heavy atom. The van der Waals surface area contributed by atoms with Gasteiger partial charge in [0.1, 0.15) is 19.0 Å². The van der Waals surface area contributed by atoms with E-state index < -0.39 is 22.8 Å². The van der Waals surface area contributed by atoms with Gasteiger partial charge in [0, 0.05) is 30.1 Å². The average Bonchev–Trinajstić information content (AvgIpc) is 2.94. The quantitative estimate of drug-likeness (QED) is 0.158. The Kier molecular flexibility index (Phi) is 10.8. The maximum atomic E-state index is 13.3. The molecule has 0 amide bonds. The van der Waals surface area contributed by atoms with Crippen molar-refractivity contribution in [1.82, 2.24) is 5.32 Å². The summed E-state index contributed by atoms with van der Waals surface area (Å²) in [5.41, 5.74) is 2.65. The van der Waals surface area contributed by atoms with Crippen molar-refractivity contribution in [1.29, 1.82) is 0 Å². The van der Waals surface area contributed by atoms with Gasteiger partial charge in [-0.3, -0.25) is 10.1 Å². The molecule has 0 fully saturated rings. The summed E-state index contributed by atoms with van der Waals surface area (Å²) in [5, 5.41) is 14.5. The normalized spacial score (nSPS) is 15.8. The zero-order valence-electron chi connectivity index (χ0n) is 23.5. The van der Waals surface area contributed by atoms with E-state index in [0.29, 0.717) is 22.7 Å². The van der Waals surface area contributed by atoms with Gasteiger partial charge in [0.2, 0.25) is 0 Å². The fraction of sp³-hybridized carbons (Fsp3) is 0.400. The van der Waals surface area contributed by atoms with Gasteiger partial charge in [0.25, 0.3) is 5.69 Å². The number of ether oxygens (including phenoxy) is 4. The smallest absolute Gasteiger partial charge is 0.336 e. The number of non-ortho nitro benzene ring substituents is 1. The number of rotatable bonds is 13. The van der Waals surface area contributed by atoms with Crippen LogP contribution in [0.3, 0.4) is 0 Å². The molecule has 2 aromatic carbocycles. The Labute approximate surface area is 234 Å². The molecule has 1 aliphatic rings. The SMILES string of the molecule is CCCOC(C)Cc1ccc(OCCOC(=O)C2=C(C)NC(C)=C(C(=O)OC)C2c2cccc([N+](=O)[O-])c2)cc1. The Hall–Kier alpha value is -4.18. The second kappa shape index (κ2) is 14.3.